The summed E-state index contributed by atoms with van der Waals surface area (Å²) in [7, 11) is 10.9. The molecule has 2 rings (SSSR count). The number of aliphatic hydroxyl groups is 1. The molecule has 2 aromatic rings. The number of alkyl halides is 1. The summed E-state index contributed by atoms with van der Waals surface area (Å²) in [4.78, 5) is 0. The van der Waals surface area contributed by atoms with Gasteiger partial charge in [0.05, 0.1) is 24.4 Å². The molecule has 0 fully saturated rings. The van der Waals surface area contributed by atoms with Crippen molar-refractivity contribution in [1.29, 1.82) is 0 Å². The fourth-order valence-corrected chi connectivity index (χ4v) is 1.05. The van der Waals surface area contributed by atoms with Gasteiger partial charge in [0.2, 0.25) is 9.23 Å². The fraction of sp³-hybridized carbons (Fsp3) is 0.500. The summed E-state index contributed by atoms with van der Waals surface area (Å²) in [6, 6.07) is 0. The van der Waals surface area contributed by atoms with E-state index in [0.29, 0.717) is 11.6 Å². The van der Waals surface area contributed by atoms with Crippen LogP contribution in [-0.4, -0.2) is 39.3 Å². The summed E-state index contributed by atoms with van der Waals surface area (Å²) in [5.41, 5.74) is 1.42. The zero-order valence-corrected chi connectivity index (χ0v) is 13.7. The first-order valence-corrected chi connectivity index (χ1v) is 8.34. The van der Waals surface area contributed by atoms with E-state index in [0.717, 1.165) is 5.69 Å². The van der Waals surface area contributed by atoms with E-state index < -0.39 is 9.23 Å². The Balaban J connectivity index is 0.000000289. The number of aliphatic hydroxyl groups excluding tert-OH is 1. The van der Waals surface area contributed by atoms with Crippen LogP contribution in [0.3, 0.4) is 0 Å². The van der Waals surface area contributed by atoms with Crippen LogP contribution in [0.15, 0.2) is 12.4 Å². The van der Waals surface area contributed by atoms with Gasteiger partial charge in [-0.05, 0) is 0 Å². The highest BCUT2D eigenvalue weighted by Gasteiger charge is 1.92. The van der Waals surface area contributed by atoms with Gasteiger partial charge in [-0.15, -0.1) is 21.8 Å². The van der Waals surface area contributed by atoms with Gasteiger partial charge in [0.1, 0.15) is 5.69 Å². The molecule has 12 heteroatoms. The highest BCUT2D eigenvalue weighted by atomic mass is 36.0. The van der Waals surface area contributed by atoms with Crippen LogP contribution in [0.5, 0.6) is 0 Å². The Morgan fingerprint density at radius 3 is 1.70 bits per heavy atom. The summed E-state index contributed by atoms with van der Waals surface area (Å²) in [5.74, 6) is 0.438. The third-order valence-corrected chi connectivity index (χ3v) is 1.87. The number of aromatic nitrogens is 6. The average Bonchev–Trinajstić information content (AvgIpc) is 2.97. The van der Waals surface area contributed by atoms with Gasteiger partial charge in [-0.1, -0.05) is 10.4 Å². The number of hydrogen-bond donors (Lipinski definition) is 1. The molecule has 0 aliphatic heterocycles. The Bertz CT molecular complexity index is 476. The summed E-state index contributed by atoms with van der Waals surface area (Å²) in [6.45, 7) is -0.0339. The molecule has 2 aromatic heterocycles. The van der Waals surface area contributed by atoms with E-state index in [9.17, 15) is 0 Å². The Kier molecular flexibility index (Phi) is 10.6. The van der Waals surface area contributed by atoms with Crippen LogP contribution in [0.25, 0.3) is 0 Å². The molecule has 0 bridgehead atoms. The molecule has 114 valence electrons. The molecule has 0 spiro atoms. The molecule has 8 nitrogen and oxygen atoms in total. The van der Waals surface area contributed by atoms with Crippen LogP contribution in [0.4, 0.5) is 0 Å². The molecule has 20 heavy (non-hydrogen) atoms. The Morgan fingerprint density at radius 1 is 1.15 bits per heavy atom. The van der Waals surface area contributed by atoms with Gasteiger partial charge in [0.15, 0.2) is 0 Å². The summed E-state index contributed by atoms with van der Waals surface area (Å²) in [6.07, 6.45) is 3.45. The lowest BCUT2D eigenvalue weighted by Crippen LogP contribution is -1.85. The molecule has 0 aliphatic carbocycles. The first-order valence-electron chi connectivity index (χ1n) is 5.00. The van der Waals surface area contributed by atoms with Crippen molar-refractivity contribution in [2.24, 2.45) is 14.1 Å². The van der Waals surface area contributed by atoms with Gasteiger partial charge in [-0.3, -0.25) is 9.36 Å². The average molecular weight is 364 g/mol. The summed E-state index contributed by atoms with van der Waals surface area (Å²) < 4.78 is 12.3. The van der Waals surface area contributed by atoms with Crippen molar-refractivity contribution in [2.75, 3.05) is 0 Å². The molecule has 0 saturated carbocycles. The fourth-order valence-electron chi connectivity index (χ4n) is 0.924. The largest absolute Gasteiger partial charge is 0.390 e. The van der Waals surface area contributed by atoms with E-state index in [1.54, 1.807) is 28.8 Å². The second-order valence-corrected chi connectivity index (χ2v) is 6.03. The molecule has 0 atom stereocenters. The molecular weight excluding hydrogens is 351 g/mol. The normalized spacial score (nSPS) is 9.55. The topological polar surface area (TPSA) is 98.7 Å². The Morgan fingerprint density at radius 2 is 1.55 bits per heavy atom. The van der Waals surface area contributed by atoms with Crippen LogP contribution >= 0.6 is 33.0 Å². The minimum atomic E-state index is -1.67. The monoisotopic (exact) mass is 362 g/mol. The van der Waals surface area contributed by atoms with Crippen molar-refractivity contribution in [1.82, 2.24) is 30.0 Å². The molecular formula is C8H13Cl3N6O2S. The number of rotatable bonds is 2. The lowest BCUT2D eigenvalue weighted by molar-refractivity contribution is 0.276. The molecule has 0 aliphatic rings. The van der Waals surface area contributed by atoms with Crippen molar-refractivity contribution < 1.29 is 9.32 Å². The first-order chi connectivity index (χ1) is 9.38. The molecule has 2 heterocycles. The molecule has 0 aromatic carbocycles. The lowest BCUT2D eigenvalue weighted by atomic mass is 10.5. The highest BCUT2D eigenvalue weighted by Crippen LogP contribution is 1.94. The van der Waals surface area contributed by atoms with Crippen molar-refractivity contribution >= 4 is 42.2 Å². The van der Waals surface area contributed by atoms with Crippen LogP contribution in [0.1, 0.15) is 11.4 Å². The maximum absolute atomic E-state index is 9.09. The molecule has 1 N–H and O–H groups in total. The third-order valence-electron chi connectivity index (χ3n) is 1.60. The van der Waals surface area contributed by atoms with Crippen LogP contribution < -0.4 is 0 Å². The van der Waals surface area contributed by atoms with Gasteiger partial charge in [-0.25, -0.2) is 4.21 Å². The maximum atomic E-state index is 9.09. The standard InChI is InChI=1S/C4H6ClN3.C4H7N3O.Cl2OS/c1-8-3-4(2-5)6-7-8;1-7-2-4(3-8)5-6-7;1-4(2)3/h3H,2H2,1H3;2,8H,3H2,1H3;. The highest BCUT2D eigenvalue weighted by molar-refractivity contribution is 8.26. The quantitative estimate of drug-likeness (QED) is 0.629. The van der Waals surface area contributed by atoms with E-state index in [1.165, 1.54) is 0 Å². The zero-order chi connectivity index (χ0) is 15.5. The Labute approximate surface area is 132 Å². The van der Waals surface area contributed by atoms with E-state index >= 15 is 0 Å². The first kappa shape index (κ1) is 19.3. The molecule has 0 amide bonds. The number of halogens is 3. The van der Waals surface area contributed by atoms with Gasteiger partial charge in [0, 0.05) is 41.7 Å². The molecule has 0 saturated heterocycles. The number of hydrogen-bond acceptors (Lipinski definition) is 6. The summed E-state index contributed by atoms with van der Waals surface area (Å²) >= 11 is 5.42. The van der Waals surface area contributed by atoms with Gasteiger partial charge >= 0.3 is 0 Å². The predicted octanol–water partition coefficient (Wildman–Crippen LogP) is 0.904. The van der Waals surface area contributed by atoms with E-state index in [2.05, 4.69) is 42.0 Å². The minimum absolute atomic E-state index is 0.0339. The second kappa shape index (κ2) is 11.0. The van der Waals surface area contributed by atoms with E-state index in [1.807, 2.05) is 7.05 Å². The van der Waals surface area contributed by atoms with E-state index in [-0.39, 0.29) is 6.61 Å². The van der Waals surface area contributed by atoms with Crippen LogP contribution in [0.2, 0.25) is 0 Å². The smallest absolute Gasteiger partial charge is 0.211 e. The lowest BCUT2D eigenvalue weighted by Gasteiger charge is -1.78. The SMILES string of the molecule is Cn1cc(CCl)nn1.Cn1cc(CO)nn1.O=S(Cl)Cl. The maximum Gasteiger partial charge on any atom is 0.211 e. The number of nitrogens with zero attached hydrogens (tertiary/aromatic N) is 6. The van der Waals surface area contributed by atoms with Gasteiger partial charge in [0.25, 0.3) is 0 Å². The second-order valence-electron chi connectivity index (χ2n) is 3.24. The van der Waals surface area contributed by atoms with Crippen molar-refractivity contribution in [3.05, 3.63) is 23.8 Å². The van der Waals surface area contributed by atoms with Crippen LogP contribution in [-0.2, 0) is 35.8 Å². The molecule has 0 unspecified atom stereocenters. The molecule has 0 radical (unpaired) electrons. The van der Waals surface area contributed by atoms with Gasteiger partial charge in [-0.2, -0.15) is 0 Å². The van der Waals surface area contributed by atoms with Crippen molar-refractivity contribution in [2.45, 2.75) is 12.5 Å². The van der Waals surface area contributed by atoms with Gasteiger partial charge < -0.3 is 5.11 Å². The van der Waals surface area contributed by atoms with Crippen molar-refractivity contribution in [3.63, 3.8) is 0 Å². The zero-order valence-electron chi connectivity index (χ0n) is 10.6. The predicted molar refractivity (Wildman–Crippen MR) is 77.3 cm³/mol. The van der Waals surface area contributed by atoms with E-state index in [4.69, 9.17) is 20.9 Å². The van der Waals surface area contributed by atoms with Crippen molar-refractivity contribution in [3.8, 4) is 0 Å². The minimum Gasteiger partial charge on any atom is -0.390 e. The van der Waals surface area contributed by atoms with Crippen LogP contribution in [0, 0.1) is 0 Å². The third kappa shape index (κ3) is 10.1. The number of aryl methyl sites for hydroxylation is 2. The Hall–Kier alpha value is -0.740. The summed E-state index contributed by atoms with van der Waals surface area (Å²) in [5, 5.41) is 23.0.